The van der Waals surface area contributed by atoms with E-state index >= 15 is 0 Å². The van der Waals surface area contributed by atoms with Gasteiger partial charge in [0.25, 0.3) is 5.91 Å². The van der Waals surface area contributed by atoms with Crippen molar-refractivity contribution in [3.8, 4) is 5.75 Å². The Bertz CT molecular complexity index is 1090. The maximum absolute atomic E-state index is 13.1. The molecule has 0 spiro atoms. The lowest BCUT2D eigenvalue weighted by Gasteiger charge is -2.41. The molecule has 3 aliphatic heterocycles. The van der Waals surface area contributed by atoms with Gasteiger partial charge in [-0.1, -0.05) is 18.2 Å². The molecule has 4 aliphatic rings. The number of hydrogen-bond donors (Lipinski definition) is 1. The van der Waals surface area contributed by atoms with E-state index in [1.807, 2.05) is 18.2 Å². The van der Waals surface area contributed by atoms with Crippen LogP contribution < -0.4 is 15.6 Å². The standard InChI is InChI=1S/C21H22N4O6/c1-29-21(28)24-10-13(14-4-2-3-5-15(14)24)11-31-19-16(26)6-7-25-18(19)20(27)23-8-9-30-12-17(23)22-25/h2-4,6-7,10,15,17,22H,5,8-9,11-12H2,1H3/t15?,17-/m0/s1. The highest BCUT2D eigenvalue weighted by atomic mass is 16.5. The zero-order chi connectivity index (χ0) is 21.5. The fourth-order valence-corrected chi connectivity index (χ4v) is 4.31. The lowest BCUT2D eigenvalue weighted by Crippen LogP contribution is -2.59. The molecule has 0 aromatic carbocycles. The number of nitrogens with one attached hydrogen (secondary N) is 1. The summed E-state index contributed by atoms with van der Waals surface area (Å²) in [6.45, 7) is 1.28. The molecular formula is C21H22N4O6. The molecule has 1 aliphatic carbocycles. The molecule has 162 valence electrons. The second-order valence-electron chi connectivity index (χ2n) is 7.57. The molecule has 1 fully saturated rings. The van der Waals surface area contributed by atoms with Gasteiger partial charge in [0.1, 0.15) is 12.8 Å². The van der Waals surface area contributed by atoms with Crippen molar-refractivity contribution in [1.82, 2.24) is 14.5 Å². The average Bonchev–Trinajstić information content (AvgIpc) is 3.17. The molecule has 5 rings (SSSR count). The zero-order valence-electron chi connectivity index (χ0n) is 16.9. The highest BCUT2D eigenvalue weighted by Gasteiger charge is 2.38. The van der Waals surface area contributed by atoms with Crippen LogP contribution in [-0.4, -0.2) is 72.2 Å². The van der Waals surface area contributed by atoms with E-state index in [9.17, 15) is 14.4 Å². The van der Waals surface area contributed by atoms with Crippen molar-refractivity contribution in [3.05, 3.63) is 63.8 Å². The van der Waals surface area contributed by atoms with Crippen LogP contribution in [0.15, 0.2) is 52.6 Å². The molecule has 0 saturated carbocycles. The topological polar surface area (TPSA) is 102 Å². The van der Waals surface area contributed by atoms with E-state index in [0.29, 0.717) is 26.2 Å². The molecule has 1 unspecified atom stereocenters. The van der Waals surface area contributed by atoms with Crippen LogP contribution in [0.25, 0.3) is 0 Å². The van der Waals surface area contributed by atoms with E-state index in [0.717, 1.165) is 11.1 Å². The number of methoxy groups -OCH3 is 1. The molecule has 1 aromatic rings. The monoisotopic (exact) mass is 426 g/mol. The summed E-state index contributed by atoms with van der Waals surface area (Å²) in [5.41, 5.74) is 4.62. The number of ether oxygens (including phenoxy) is 3. The number of carbonyl (C=O) groups excluding carboxylic acids is 2. The van der Waals surface area contributed by atoms with Gasteiger partial charge in [-0.15, -0.1) is 0 Å². The Morgan fingerprint density at radius 1 is 1.35 bits per heavy atom. The number of rotatable bonds is 3. The Kier molecular flexibility index (Phi) is 4.78. The van der Waals surface area contributed by atoms with Crippen molar-refractivity contribution < 1.29 is 23.8 Å². The average molecular weight is 426 g/mol. The minimum Gasteiger partial charge on any atom is -0.482 e. The quantitative estimate of drug-likeness (QED) is 0.763. The van der Waals surface area contributed by atoms with E-state index < -0.39 is 6.09 Å². The minimum atomic E-state index is -0.462. The number of carbonyl (C=O) groups is 2. The highest BCUT2D eigenvalue weighted by Crippen LogP contribution is 2.33. The van der Waals surface area contributed by atoms with Gasteiger partial charge < -0.3 is 24.5 Å². The first-order chi connectivity index (χ1) is 15.1. The maximum Gasteiger partial charge on any atom is 0.414 e. The summed E-state index contributed by atoms with van der Waals surface area (Å²) in [6.07, 6.45) is 8.92. The smallest absolute Gasteiger partial charge is 0.414 e. The molecule has 10 nitrogen and oxygen atoms in total. The van der Waals surface area contributed by atoms with E-state index in [1.54, 1.807) is 11.1 Å². The number of pyridine rings is 1. The summed E-state index contributed by atoms with van der Waals surface area (Å²) in [5.74, 6) is -0.306. The van der Waals surface area contributed by atoms with Gasteiger partial charge in [-0.2, -0.15) is 0 Å². The molecule has 4 heterocycles. The third kappa shape index (κ3) is 3.19. The van der Waals surface area contributed by atoms with Crippen molar-refractivity contribution >= 4 is 12.0 Å². The van der Waals surface area contributed by atoms with Crippen LogP contribution in [0.4, 0.5) is 4.79 Å². The van der Waals surface area contributed by atoms with Crippen molar-refractivity contribution in [2.24, 2.45) is 0 Å². The largest absolute Gasteiger partial charge is 0.482 e. The van der Waals surface area contributed by atoms with Crippen molar-refractivity contribution in [2.45, 2.75) is 18.6 Å². The van der Waals surface area contributed by atoms with Crippen LogP contribution in [-0.2, 0) is 9.47 Å². The summed E-state index contributed by atoms with van der Waals surface area (Å²) in [5, 5.41) is 0. The fraction of sp³-hybridized carbons (Fsp3) is 0.381. The zero-order valence-corrected chi connectivity index (χ0v) is 16.9. The Hall–Kier alpha value is -3.53. The number of hydrogen-bond acceptors (Lipinski definition) is 7. The first kappa shape index (κ1) is 19.4. The minimum absolute atomic E-state index is 0.0224. The van der Waals surface area contributed by atoms with E-state index in [1.165, 1.54) is 28.9 Å². The second-order valence-corrected chi connectivity index (χ2v) is 7.57. The molecule has 31 heavy (non-hydrogen) atoms. The van der Waals surface area contributed by atoms with Crippen LogP contribution in [0.3, 0.4) is 0 Å². The Balaban J connectivity index is 1.44. The molecule has 0 radical (unpaired) electrons. The second kappa shape index (κ2) is 7.62. The van der Waals surface area contributed by atoms with Gasteiger partial charge in [0, 0.05) is 30.6 Å². The molecule has 1 N–H and O–H groups in total. The van der Waals surface area contributed by atoms with Crippen molar-refractivity contribution in [1.29, 1.82) is 0 Å². The maximum atomic E-state index is 13.1. The Morgan fingerprint density at radius 2 is 2.23 bits per heavy atom. The summed E-state index contributed by atoms with van der Waals surface area (Å²) >= 11 is 0. The Morgan fingerprint density at radius 3 is 3.06 bits per heavy atom. The molecule has 1 saturated heterocycles. The SMILES string of the molecule is COC(=O)N1C=C(COc2c3n(ccc2=O)N[C@@H]2COCCN2C3=O)C2=CC=CCC21. The molecular weight excluding hydrogens is 404 g/mol. The lowest BCUT2D eigenvalue weighted by atomic mass is 9.96. The number of amides is 2. The van der Waals surface area contributed by atoms with Crippen LogP contribution in [0.1, 0.15) is 16.9 Å². The third-order valence-corrected chi connectivity index (χ3v) is 5.82. The van der Waals surface area contributed by atoms with Crippen molar-refractivity contribution in [3.63, 3.8) is 0 Å². The summed E-state index contributed by atoms with van der Waals surface area (Å²) in [4.78, 5) is 41.0. The molecule has 1 aromatic heterocycles. The molecule has 2 atom stereocenters. The first-order valence-corrected chi connectivity index (χ1v) is 10.1. The number of fused-ring (bicyclic) bond motifs is 3. The van der Waals surface area contributed by atoms with Gasteiger partial charge in [-0.25, -0.2) is 4.79 Å². The van der Waals surface area contributed by atoms with E-state index in [2.05, 4.69) is 5.43 Å². The normalized spacial score (nSPS) is 23.8. The number of allylic oxidation sites excluding steroid dienone is 2. The lowest BCUT2D eigenvalue weighted by molar-refractivity contribution is -0.00320. The summed E-state index contributed by atoms with van der Waals surface area (Å²) < 4.78 is 17.8. The van der Waals surface area contributed by atoms with Gasteiger partial charge in [0.2, 0.25) is 5.43 Å². The molecule has 0 bridgehead atoms. The fourth-order valence-electron chi connectivity index (χ4n) is 4.31. The van der Waals surface area contributed by atoms with E-state index in [-0.39, 0.29) is 41.6 Å². The predicted molar refractivity (Wildman–Crippen MR) is 109 cm³/mol. The third-order valence-electron chi connectivity index (χ3n) is 5.82. The van der Waals surface area contributed by atoms with Gasteiger partial charge in [0.05, 0.1) is 26.4 Å². The molecule has 10 heteroatoms. The highest BCUT2D eigenvalue weighted by molar-refractivity contribution is 5.96. The van der Waals surface area contributed by atoms with Crippen LogP contribution in [0.2, 0.25) is 0 Å². The van der Waals surface area contributed by atoms with Gasteiger partial charge >= 0.3 is 6.09 Å². The van der Waals surface area contributed by atoms with Crippen LogP contribution in [0, 0.1) is 0 Å². The van der Waals surface area contributed by atoms with E-state index in [4.69, 9.17) is 14.2 Å². The van der Waals surface area contributed by atoms with Crippen LogP contribution in [0.5, 0.6) is 5.75 Å². The van der Waals surface area contributed by atoms with Crippen LogP contribution >= 0.6 is 0 Å². The summed E-state index contributed by atoms with van der Waals surface area (Å²) in [7, 11) is 1.33. The number of morpholine rings is 1. The first-order valence-electron chi connectivity index (χ1n) is 10.1. The van der Waals surface area contributed by atoms with Gasteiger partial charge in [-0.3, -0.25) is 19.2 Å². The van der Waals surface area contributed by atoms with Gasteiger partial charge in [-0.05, 0) is 12.0 Å². The number of aromatic nitrogens is 1. The Labute approximate surface area is 177 Å². The summed E-state index contributed by atoms with van der Waals surface area (Å²) in [6, 6.07) is 1.19. The predicted octanol–water partition coefficient (Wildman–Crippen LogP) is 0.804. The molecule has 2 amide bonds. The van der Waals surface area contributed by atoms with Crippen molar-refractivity contribution in [2.75, 3.05) is 38.9 Å². The van der Waals surface area contributed by atoms with Gasteiger partial charge in [0.15, 0.2) is 11.4 Å². The number of nitrogens with zero attached hydrogens (tertiary/aromatic N) is 3.